The monoisotopic (exact) mass is 421 g/mol. The molecule has 5 rings (SSSR count). The molecule has 0 unspecified atom stereocenters. The van der Waals surface area contributed by atoms with E-state index in [1.54, 1.807) is 18.2 Å². The summed E-state index contributed by atoms with van der Waals surface area (Å²) in [5.74, 6) is 0.997. The molecule has 1 aromatic carbocycles. The Morgan fingerprint density at radius 2 is 2.23 bits per heavy atom. The first-order valence-corrected chi connectivity index (χ1v) is 10.8. The molecule has 0 radical (unpaired) electrons. The second-order valence-electron chi connectivity index (χ2n) is 8.13. The number of carbonyl (C=O) groups is 1. The average molecular weight is 422 g/mol. The molecule has 0 bridgehead atoms. The van der Waals surface area contributed by atoms with Gasteiger partial charge in [0.25, 0.3) is 0 Å². The number of hydrogen-bond donors (Lipinski definition) is 2. The van der Waals surface area contributed by atoms with Gasteiger partial charge in [0.1, 0.15) is 0 Å². The molecule has 30 heavy (non-hydrogen) atoms. The van der Waals surface area contributed by atoms with E-state index in [1.807, 2.05) is 6.08 Å². The van der Waals surface area contributed by atoms with Crippen molar-refractivity contribution in [3.63, 3.8) is 0 Å². The first-order valence-electron chi connectivity index (χ1n) is 10.4. The molecule has 2 aromatic heterocycles. The first-order chi connectivity index (χ1) is 14.6. The van der Waals surface area contributed by atoms with E-state index in [-0.39, 0.29) is 5.91 Å². The Balaban J connectivity index is 1.35. The van der Waals surface area contributed by atoms with Gasteiger partial charge in [0.05, 0.1) is 0 Å². The van der Waals surface area contributed by atoms with Gasteiger partial charge < -0.3 is 10.3 Å². The minimum Gasteiger partial charge on any atom is -0.361 e. The fourth-order valence-corrected chi connectivity index (χ4v) is 5.21. The van der Waals surface area contributed by atoms with Crippen LogP contribution in [0.3, 0.4) is 0 Å². The van der Waals surface area contributed by atoms with E-state index < -0.39 is 0 Å². The highest BCUT2D eigenvalue weighted by molar-refractivity contribution is 6.29. The topological polar surface area (TPSA) is 73.9 Å². The Kier molecular flexibility index (Phi) is 5.05. The summed E-state index contributed by atoms with van der Waals surface area (Å²) in [6, 6.07) is 10.4. The number of rotatable bonds is 4. The van der Waals surface area contributed by atoms with Crippen LogP contribution >= 0.6 is 11.6 Å². The highest BCUT2D eigenvalue weighted by Crippen LogP contribution is 2.44. The number of hydrogen-bond acceptors (Lipinski definition) is 4. The van der Waals surface area contributed by atoms with Crippen LogP contribution in [-0.4, -0.2) is 45.1 Å². The van der Waals surface area contributed by atoms with E-state index in [2.05, 4.69) is 56.7 Å². The van der Waals surface area contributed by atoms with E-state index in [4.69, 9.17) is 11.6 Å². The number of nitrogens with zero attached hydrogens (tertiary/aromatic N) is 3. The number of nitrogens with one attached hydrogen (secondary N) is 2. The zero-order valence-corrected chi connectivity index (χ0v) is 17.6. The lowest BCUT2D eigenvalue weighted by Crippen LogP contribution is -2.49. The highest BCUT2D eigenvalue weighted by Gasteiger charge is 2.39. The van der Waals surface area contributed by atoms with Crippen molar-refractivity contribution < 1.29 is 4.79 Å². The average Bonchev–Trinajstić information content (AvgIpc) is 3.18. The van der Waals surface area contributed by atoms with Crippen molar-refractivity contribution in [1.82, 2.24) is 20.1 Å². The number of piperidine rings is 1. The molecule has 1 fully saturated rings. The fourth-order valence-electron chi connectivity index (χ4n) is 5.11. The fraction of sp³-hybridized carbons (Fsp3) is 0.348. The summed E-state index contributed by atoms with van der Waals surface area (Å²) in [4.78, 5) is 18.3. The number of halogens is 1. The van der Waals surface area contributed by atoms with Crippen LogP contribution in [0.5, 0.6) is 0 Å². The summed E-state index contributed by atoms with van der Waals surface area (Å²) in [7, 11) is 0. The Labute approximate surface area is 180 Å². The molecule has 7 heteroatoms. The summed E-state index contributed by atoms with van der Waals surface area (Å²) < 4.78 is 0. The molecule has 3 atom stereocenters. The van der Waals surface area contributed by atoms with Crippen molar-refractivity contribution in [2.75, 3.05) is 18.4 Å². The van der Waals surface area contributed by atoms with Gasteiger partial charge in [-0.1, -0.05) is 36.7 Å². The molecule has 3 heterocycles. The number of carbonyl (C=O) groups excluding carboxylic acids is 1. The molecule has 0 saturated carbocycles. The third-order valence-corrected chi connectivity index (χ3v) is 6.62. The third kappa shape index (κ3) is 3.50. The van der Waals surface area contributed by atoms with E-state index in [0.29, 0.717) is 28.8 Å². The molecular weight excluding hydrogens is 398 g/mol. The molecule has 1 amide bonds. The van der Waals surface area contributed by atoms with Gasteiger partial charge in [0, 0.05) is 35.6 Å². The summed E-state index contributed by atoms with van der Waals surface area (Å²) in [5, 5.41) is 12.1. The maximum absolute atomic E-state index is 12.3. The van der Waals surface area contributed by atoms with Crippen LogP contribution in [0.4, 0.5) is 5.82 Å². The van der Waals surface area contributed by atoms with Crippen LogP contribution in [0.25, 0.3) is 10.9 Å². The van der Waals surface area contributed by atoms with Gasteiger partial charge >= 0.3 is 0 Å². The van der Waals surface area contributed by atoms with Gasteiger partial charge in [-0.05, 0) is 60.7 Å². The molecule has 2 aliphatic rings. The second-order valence-corrected chi connectivity index (χ2v) is 8.52. The largest absolute Gasteiger partial charge is 0.361 e. The normalized spacial score (nSPS) is 23.6. The van der Waals surface area contributed by atoms with Crippen LogP contribution in [0.2, 0.25) is 5.15 Å². The number of likely N-dealkylation sites (tertiary alicyclic amines) is 1. The van der Waals surface area contributed by atoms with Crippen LogP contribution in [0, 0.1) is 5.92 Å². The molecule has 0 spiro atoms. The second kappa shape index (κ2) is 7.85. The molecule has 154 valence electrons. The molecule has 2 N–H and O–H groups in total. The van der Waals surface area contributed by atoms with E-state index >= 15 is 0 Å². The van der Waals surface area contributed by atoms with Gasteiger partial charge in [-0.2, -0.15) is 0 Å². The van der Waals surface area contributed by atoms with Crippen LogP contribution in [-0.2, 0) is 11.2 Å². The number of amides is 1. The first kappa shape index (κ1) is 19.3. The Morgan fingerprint density at radius 1 is 1.33 bits per heavy atom. The zero-order chi connectivity index (χ0) is 20.7. The lowest BCUT2D eigenvalue weighted by molar-refractivity contribution is -0.112. The van der Waals surface area contributed by atoms with Gasteiger partial charge in [-0.3, -0.25) is 9.69 Å². The third-order valence-electron chi connectivity index (χ3n) is 6.42. The molecule has 1 aliphatic carbocycles. The van der Waals surface area contributed by atoms with Crippen LogP contribution in [0.15, 0.2) is 48.7 Å². The number of fused-ring (bicyclic) bond motifs is 2. The lowest BCUT2D eigenvalue weighted by atomic mass is 9.72. The summed E-state index contributed by atoms with van der Waals surface area (Å²) in [6.07, 6.45) is 7.98. The minimum absolute atomic E-state index is 0.199. The van der Waals surface area contributed by atoms with Crippen molar-refractivity contribution in [2.24, 2.45) is 5.92 Å². The molecule has 1 aliphatic heterocycles. The molecular formula is C23H24ClN5O. The van der Waals surface area contributed by atoms with Crippen molar-refractivity contribution >= 4 is 34.2 Å². The molecule has 1 saturated heterocycles. The van der Waals surface area contributed by atoms with Gasteiger partial charge in [0.15, 0.2) is 11.0 Å². The van der Waals surface area contributed by atoms with Crippen molar-refractivity contribution in [2.45, 2.75) is 31.7 Å². The van der Waals surface area contributed by atoms with Crippen molar-refractivity contribution in [1.29, 1.82) is 0 Å². The number of aromatic amines is 1. The Hall–Kier alpha value is -2.70. The minimum atomic E-state index is -0.199. The molecule has 6 nitrogen and oxygen atoms in total. The van der Waals surface area contributed by atoms with E-state index in [0.717, 1.165) is 25.9 Å². The summed E-state index contributed by atoms with van der Waals surface area (Å²) >= 11 is 5.74. The number of likely N-dealkylation sites (N-methyl/N-ethyl adjacent to an activating group) is 1. The zero-order valence-electron chi connectivity index (χ0n) is 16.8. The SMILES string of the molecule is CCN1C[C@H](/C=C/C(=O)Nc2ccc(Cl)nn2)C[C@@H]2c3cccc4[nH]cc(c34)C[C@H]21. The van der Waals surface area contributed by atoms with E-state index in [1.165, 1.54) is 22.0 Å². The number of benzene rings is 1. The summed E-state index contributed by atoms with van der Waals surface area (Å²) in [5.41, 5.74) is 4.10. The quantitative estimate of drug-likeness (QED) is 0.620. The standard InChI is InChI=1S/C23H24ClN5O/c1-2-29-13-14(6-9-22(30)26-21-8-7-20(24)27-28-21)10-17-16-4-3-5-18-23(16)15(12-25-18)11-19(17)29/h3-9,12,14,17,19,25H,2,10-11,13H2,1H3,(H,26,28,30)/b9-6+/t14-,17-,19-/m1/s1. The van der Waals surface area contributed by atoms with Gasteiger partial charge in [0.2, 0.25) is 5.91 Å². The number of anilines is 1. The summed E-state index contributed by atoms with van der Waals surface area (Å²) in [6.45, 7) is 4.20. The number of aromatic nitrogens is 3. The molecule has 3 aromatic rings. The van der Waals surface area contributed by atoms with Crippen LogP contribution in [0.1, 0.15) is 30.4 Å². The lowest BCUT2D eigenvalue weighted by Gasteiger charge is -2.46. The Bertz CT molecular complexity index is 1110. The predicted molar refractivity (Wildman–Crippen MR) is 119 cm³/mol. The Morgan fingerprint density at radius 3 is 3.03 bits per heavy atom. The number of H-pyrrole nitrogens is 1. The highest BCUT2D eigenvalue weighted by atomic mass is 35.5. The predicted octanol–water partition coefficient (Wildman–Crippen LogP) is 4.16. The van der Waals surface area contributed by atoms with Gasteiger partial charge in [-0.25, -0.2) is 0 Å². The van der Waals surface area contributed by atoms with Crippen LogP contribution < -0.4 is 5.32 Å². The van der Waals surface area contributed by atoms with Crippen molar-refractivity contribution in [3.8, 4) is 0 Å². The van der Waals surface area contributed by atoms with Gasteiger partial charge in [-0.15, -0.1) is 10.2 Å². The maximum Gasteiger partial charge on any atom is 0.249 e. The van der Waals surface area contributed by atoms with Crippen molar-refractivity contribution in [3.05, 3.63) is 65.0 Å². The smallest absolute Gasteiger partial charge is 0.249 e. The van der Waals surface area contributed by atoms with E-state index in [9.17, 15) is 4.79 Å². The maximum atomic E-state index is 12.3.